The highest BCUT2D eigenvalue weighted by Gasteiger charge is 2.18. The highest BCUT2D eigenvalue weighted by atomic mass is 35.5. The number of hydrogen-bond acceptors (Lipinski definition) is 2. The van der Waals surface area contributed by atoms with E-state index in [1.807, 2.05) is 45.0 Å². The molecule has 4 rings (SSSR count). The van der Waals surface area contributed by atoms with E-state index in [2.05, 4.69) is 15.6 Å². The number of urea groups is 1. The van der Waals surface area contributed by atoms with E-state index in [0.717, 1.165) is 45.3 Å². The van der Waals surface area contributed by atoms with Gasteiger partial charge in [0, 0.05) is 27.6 Å². The molecule has 162 valence electrons. The molecule has 0 atom stereocenters. The first-order valence-electron chi connectivity index (χ1n) is 9.93. The number of nitrogens with zero attached hydrogens (tertiary/aromatic N) is 1. The van der Waals surface area contributed by atoms with Gasteiger partial charge in [-0.25, -0.2) is 13.6 Å². The zero-order chi connectivity index (χ0) is 23.0. The minimum atomic E-state index is -0.871. The number of carbonyl (C=O) groups excluding carboxylic acids is 1. The van der Waals surface area contributed by atoms with Crippen LogP contribution in [0.3, 0.4) is 0 Å². The number of benzene rings is 3. The van der Waals surface area contributed by atoms with Gasteiger partial charge in [-0.05, 0) is 61.7 Å². The number of aromatic nitrogens is 1. The molecule has 0 saturated heterocycles. The molecule has 0 radical (unpaired) electrons. The summed E-state index contributed by atoms with van der Waals surface area (Å²) in [5.41, 5.74) is 5.78. The van der Waals surface area contributed by atoms with Crippen LogP contribution in [0.15, 0.2) is 54.7 Å². The van der Waals surface area contributed by atoms with E-state index in [9.17, 15) is 13.6 Å². The Balaban J connectivity index is 1.84. The fraction of sp³-hybridized carbons (Fsp3) is 0.120. The number of hydrogen-bond donors (Lipinski definition) is 2. The number of aryl methyl sites for hydroxylation is 2. The molecule has 0 aliphatic rings. The van der Waals surface area contributed by atoms with Crippen LogP contribution in [0.1, 0.15) is 16.7 Å². The summed E-state index contributed by atoms with van der Waals surface area (Å²) < 4.78 is 27.1. The van der Waals surface area contributed by atoms with E-state index in [-0.39, 0.29) is 5.69 Å². The molecule has 0 aliphatic heterocycles. The molecule has 2 amide bonds. The van der Waals surface area contributed by atoms with Crippen molar-refractivity contribution in [3.8, 4) is 11.1 Å². The van der Waals surface area contributed by atoms with E-state index in [0.29, 0.717) is 22.3 Å². The van der Waals surface area contributed by atoms with Crippen LogP contribution in [0.2, 0.25) is 5.02 Å². The smallest absolute Gasteiger partial charge is 0.306 e. The SMILES string of the molecule is Cc1cc2c(-c3ccccc3Cl)c(NC(=O)Nc3ccc(F)cc3F)cnc2c(C)c1C. The first-order chi connectivity index (χ1) is 15.3. The third-order valence-corrected chi connectivity index (χ3v) is 5.89. The van der Waals surface area contributed by atoms with Gasteiger partial charge in [-0.15, -0.1) is 0 Å². The normalized spacial score (nSPS) is 10.9. The Hall–Kier alpha value is -3.51. The summed E-state index contributed by atoms with van der Waals surface area (Å²) in [5.74, 6) is -1.60. The monoisotopic (exact) mass is 451 g/mol. The van der Waals surface area contributed by atoms with Crippen LogP contribution in [0, 0.1) is 32.4 Å². The zero-order valence-electron chi connectivity index (χ0n) is 17.7. The topological polar surface area (TPSA) is 54.0 Å². The molecule has 2 N–H and O–H groups in total. The highest BCUT2D eigenvalue weighted by molar-refractivity contribution is 6.34. The summed E-state index contributed by atoms with van der Waals surface area (Å²) in [4.78, 5) is 17.2. The second-order valence-corrected chi connectivity index (χ2v) is 7.98. The lowest BCUT2D eigenvalue weighted by Gasteiger charge is -2.18. The predicted octanol–water partition coefficient (Wildman–Crippen LogP) is 7.40. The van der Waals surface area contributed by atoms with Crippen LogP contribution in [0.4, 0.5) is 25.0 Å². The van der Waals surface area contributed by atoms with Gasteiger partial charge in [0.2, 0.25) is 0 Å². The Kier molecular flexibility index (Phi) is 5.80. The van der Waals surface area contributed by atoms with Gasteiger partial charge in [-0.3, -0.25) is 4.98 Å². The van der Waals surface area contributed by atoms with Crippen LogP contribution in [0.5, 0.6) is 0 Å². The van der Waals surface area contributed by atoms with Crippen molar-refractivity contribution in [3.63, 3.8) is 0 Å². The van der Waals surface area contributed by atoms with E-state index >= 15 is 0 Å². The van der Waals surface area contributed by atoms with Gasteiger partial charge in [0.25, 0.3) is 0 Å². The Bertz CT molecular complexity index is 1370. The minimum absolute atomic E-state index is 0.140. The van der Waals surface area contributed by atoms with E-state index in [1.165, 1.54) is 0 Å². The number of amides is 2. The molecule has 4 aromatic rings. The number of carbonyl (C=O) groups is 1. The lowest BCUT2D eigenvalue weighted by atomic mass is 9.93. The Morgan fingerprint density at radius 2 is 1.66 bits per heavy atom. The summed E-state index contributed by atoms with van der Waals surface area (Å²) in [5, 5.41) is 6.50. The van der Waals surface area contributed by atoms with Crippen molar-refractivity contribution < 1.29 is 13.6 Å². The summed E-state index contributed by atoms with van der Waals surface area (Å²) in [6.45, 7) is 6.06. The number of anilines is 2. The largest absolute Gasteiger partial charge is 0.323 e. The molecule has 0 unspecified atom stereocenters. The van der Waals surface area contributed by atoms with E-state index in [1.54, 1.807) is 12.3 Å². The van der Waals surface area contributed by atoms with Crippen LogP contribution >= 0.6 is 11.6 Å². The molecule has 0 fully saturated rings. The second kappa shape index (κ2) is 8.55. The number of pyridine rings is 1. The fourth-order valence-electron chi connectivity index (χ4n) is 3.68. The number of fused-ring (bicyclic) bond motifs is 1. The van der Waals surface area contributed by atoms with Gasteiger partial charge < -0.3 is 10.6 Å². The molecule has 1 aromatic heterocycles. The van der Waals surface area contributed by atoms with Crippen LogP contribution < -0.4 is 10.6 Å². The third-order valence-electron chi connectivity index (χ3n) is 5.56. The molecule has 0 bridgehead atoms. The number of nitrogens with one attached hydrogen (secondary N) is 2. The van der Waals surface area contributed by atoms with E-state index in [4.69, 9.17) is 11.6 Å². The molecule has 4 nitrogen and oxygen atoms in total. The van der Waals surface area contributed by atoms with Gasteiger partial charge in [-0.2, -0.15) is 0 Å². The summed E-state index contributed by atoms with van der Waals surface area (Å²) >= 11 is 6.51. The molecular formula is C25H20ClF2N3O. The average Bonchev–Trinajstić information content (AvgIpc) is 2.75. The fourth-order valence-corrected chi connectivity index (χ4v) is 3.91. The maximum Gasteiger partial charge on any atom is 0.323 e. The minimum Gasteiger partial charge on any atom is -0.306 e. The maximum atomic E-state index is 14.0. The standard InChI is InChI=1S/C25H20ClF2N3O/c1-13-10-18-23(17-6-4-5-7-19(17)26)22(12-29-24(18)15(3)14(13)2)31-25(32)30-21-9-8-16(27)11-20(21)28/h4-12H,1-3H3,(H2,30,31,32). The van der Waals surface area contributed by atoms with Gasteiger partial charge in [0.15, 0.2) is 0 Å². The van der Waals surface area contributed by atoms with Gasteiger partial charge in [0.05, 0.1) is 23.1 Å². The summed E-state index contributed by atoms with van der Waals surface area (Å²) in [6, 6.07) is 11.6. The first-order valence-corrected chi connectivity index (χ1v) is 10.3. The summed E-state index contributed by atoms with van der Waals surface area (Å²) in [6.07, 6.45) is 1.56. The van der Waals surface area contributed by atoms with Gasteiger partial charge >= 0.3 is 6.03 Å². The van der Waals surface area contributed by atoms with Crippen LogP contribution in [-0.2, 0) is 0 Å². The first kappa shape index (κ1) is 21.7. The Labute approximate surface area is 189 Å². The molecular weight excluding hydrogens is 432 g/mol. The van der Waals surface area contributed by atoms with Crippen molar-refractivity contribution in [1.29, 1.82) is 0 Å². The van der Waals surface area contributed by atoms with Crippen molar-refractivity contribution in [3.05, 3.63) is 88.1 Å². The van der Waals surface area contributed by atoms with Crippen molar-refractivity contribution in [1.82, 2.24) is 4.98 Å². The summed E-state index contributed by atoms with van der Waals surface area (Å²) in [7, 11) is 0. The highest BCUT2D eigenvalue weighted by Crippen LogP contribution is 2.40. The lowest BCUT2D eigenvalue weighted by Crippen LogP contribution is -2.21. The van der Waals surface area contributed by atoms with Crippen molar-refractivity contribution in [2.45, 2.75) is 20.8 Å². The van der Waals surface area contributed by atoms with Crippen molar-refractivity contribution >= 4 is 39.9 Å². The van der Waals surface area contributed by atoms with E-state index < -0.39 is 17.7 Å². The van der Waals surface area contributed by atoms with Crippen LogP contribution in [-0.4, -0.2) is 11.0 Å². The molecule has 32 heavy (non-hydrogen) atoms. The van der Waals surface area contributed by atoms with Crippen molar-refractivity contribution in [2.24, 2.45) is 0 Å². The second-order valence-electron chi connectivity index (χ2n) is 7.57. The average molecular weight is 452 g/mol. The zero-order valence-corrected chi connectivity index (χ0v) is 18.4. The van der Waals surface area contributed by atoms with Gasteiger partial charge in [-0.1, -0.05) is 29.8 Å². The quantitative estimate of drug-likeness (QED) is 0.341. The molecule has 3 aromatic carbocycles. The number of rotatable bonds is 3. The lowest BCUT2D eigenvalue weighted by molar-refractivity contribution is 0.262. The molecule has 0 aliphatic carbocycles. The third kappa shape index (κ3) is 4.01. The maximum absolute atomic E-state index is 14.0. The number of halogens is 3. The molecule has 0 spiro atoms. The predicted molar refractivity (Wildman–Crippen MR) is 125 cm³/mol. The Morgan fingerprint density at radius 1 is 0.938 bits per heavy atom. The molecule has 7 heteroatoms. The molecule has 0 saturated carbocycles. The molecule has 1 heterocycles. The van der Waals surface area contributed by atoms with Crippen LogP contribution in [0.25, 0.3) is 22.0 Å². The van der Waals surface area contributed by atoms with Gasteiger partial charge in [0.1, 0.15) is 11.6 Å². The van der Waals surface area contributed by atoms with Crippen molar-refractivity contribution in [2.75, 3.05) is 10.6 Å². The Morgan fingerprint density at radius 3 is 2.38 bits per heavy atom.